The third-order valence-corrected chi connectivity index (χ3v) is 4.37. The largest absolute Gasteiger partial charge is 0.317 e. The molecule has 3 nitrogen and oxygen atoms in total. The second-order valence-electron chi connectivity index (χ2n) is 5.89. The van der Waals surface area contributed by atoms with E-state index in [0.29, 0.717) is 6.04 Å². The first-order chi connectivity index (χ1) is 9.66. The van der Waals surface area contributed by atoms with Crippen LogP contribution in [-0.4, -0.2) is 22.9 Å². The first-order valence-electron chi connectivity index (χ1n) is 7.49. The van der Waals surface area contributed by atoms with Gasteiger partial charge in [-0.2, -0.15) is 5.10 Å². The van der Waals surface area contributed by atoms with E-state index in [9.17, 15) is 0 Å². The lowest BCUT2D eigenvalue weighted by Crippen LogP contribution is -2.30. The van der Waals surface area contributed by atoms with Gasteiger partial charge in [-0.25, -0.2) is 0 Å². The summed E-state index contributed by atoms with van der Waals surface area (Å²) in [5.41, 5.74) is 6.53. The highest BCUT2D eigenvalue weighted by Gasteiger charge is 2.19. The standard InChI is InChI=1S/C17H23N3/c1-12-4-5-16(13(2)10-12)17-11-19-20(14(17)3)15-6-8-18-9-7-15/h4-5,10-11,15,18H,6-9H2,1-3H3. The first kappa shape index (κ1) is 13.4. The van der Waals surface area contributed by atoms with E-state index in [1.165, 1.54) is 40.8 Å². The minimum atomic E-state index is 0.552. The molecule has 1 fully saturated rings. The van der Waals surface area contributed by atoms with Crippen LogP contribution in [0.2, 0.25) is 0 Å². The molecule has 2 aromatic rings. The lowest BCUT2D eigenvalue weighted by atomic mass is 9.99. The molecule has 0 atom stereocenters. The average molecular weight is 269 g/mol. The highest BCUT2D eigenvalue weighted by Crippen LogP contribution is 2.30. The van der Waals surface area contributed by atoms with Crippen molar-refractivity contribution in [3.8, 4) is 11.1 Å². The van der Waals surface area contributed by atoms with Gasteiger partial charge in [0.15, 0.2) is 0 Å². The minimum Gasteiger partial charge on any atom is -0.317 e. The number of nitrogens with zero attached hydrogens (tertiary/aromatic N) is 2. The number of piperidine rings is 1. The molecule has 20 heavy (non-hydrogen) atoms. The van der Waals surface area contributed by atoms with E-state index in [4.69, 9.17) is 0 Å². The van der Waals surface area contributed by atoms with Gasteiger partial charge in [0, 0.05) is 11.3 Å². The molecule has 1 aromatic carbocycles. The Kier molecular flexibility index (Phi) is 3.62. The Morgan fingerprint density at radius 1 is 1.10 bits per heavy atom. The van der Waals surface area contributed by atoms with Gasteiger partial charge in [-0.15, -0.1) is 0 Å². The zero-order chi connectivity index (χ0) is 14.1. The summed E-state index contributed by atoms with van der Waals surface area (Å²) in [5.74, 6) is 0. The van der Waals surface area contributed by atoms with Crippen LogP contribution in [0.1, 0.15) is 35.7 Å². The predicted molar refractivity (Wildman–Crippen MR) is 83.0 cm³/mol. The van der Waals surface area contributed by atoms with E-state index in [0.717, 1.165) is 13.1 Å². The third-order valence-electron chi connectivity index (χ3n) is 4.37. The van der Waals surface area contributed by atoms with E-state index in [1.54, 1.807) is 0 Å². The Hall–Kier alpha value is -1.61. The third kappa shape index (κ3) is 2.38. The Morgan fingerprint density at radius 2 is 1.85 bits per heavy atom. The number of rotatable bonds is 2. The highest BCUT2D eigenvalue weighted by molar-refractivity contribution is 5.69. The molecule has 0 saturated carbocycles. The Labute approximate surface area is 121 Å². The molecule has 1 aliphatic rings. The number of aromatic nitrogens is 2. The summed E-state index contributed by atoms with van der Waals surface area (Å²) in [6, 6.07) is 7.21. The summed E-state index contributed by atoms with van der Waals surface area (Å²) in [5, 5.41) is 8.08. The number of benzene rings is 1. The number of hydrogen-bond acceptors (Lipinski definition) is 2. The molecule has 0 bridgehead atoms. The minimum absolute atomic E-state index is 0.552. The normalized spacial score (nSPS) is 16.6. The molecule has 1 saturated heterocycles. The van der Waals surface area contributed by atoms with Crippen molar-refractivity contribution >= 4 is 0 Å². The van der Waals surface area contributed by atoms with Crippen LogP contribution in [0.25, 0.3) is 11.1 Å². The van der Waals surface area contributed by atoms with Crippen LogP contribution < -0.4 is 5.32 Å². The lowest BCUT2D eigenvalue weighted by Gasteiger charge is -2.24. The molecule has 3 rings (SSSR count). The van der Waals surface area contributed by atoms with Gasteiger partial charge < -0.3 is 5.32 Å². The van der Waals surface area contributed by atoms with Crippen LogP contribution in [0.3, 0.4) is 0 Å². The van der Waals surface area contributed by atoms with E-state index in [2.05, 4.69) is 54.1 Å². The van der Waals surface area contributed by atoms with Crippen molar-refractivity contribution in [1.82, 2.24) is 15.1 Å². The Balaban J connectivity index is 1.97. The molecule has 3 heteroatoms. The highest BCUT2D eigenvalue weighted by atomic mass is 15.3. The molecule has 106 valence electrons. The second-order valence-corrected chi connectivity index (χ2v) is 5.89. The van der Waals surface area contributed by atoms with Crippen molar-refractivity contribution in [2.45, 2.75) is 39.7 Å². The topological polar surface area (TPSA) is 29.9 Å². The maximum Gasteiger partial charge on any atom is 0.0571 e. The van der Waals surface area contributed by atoms with Gasteiger partial charge in [0.1, 0.15) is 0 Å². The molecule has 0 unspecified atom stereocenters. The van der Waals surface area contributed by atoms with Gasteiger partial charge in [-0.1, -0.05) is 23.8 Å². The van der Waals surface area contributed by atoms with Crippen LogP contribution >= 0.6 is 0 Å². The molecular formula is C17H23N3. The number of nitrogens with one attached hydrogen (secondary N) is 1. The van der Waals surface area contributed by atoms with Gasteiger partial charge >= 0.3 is 0 Å². The Bertz CT molecular complexity index is 607. The maximum atomic E-state index is 4.67. The van der Waals surface area contributed by atoms with Crippen molar-refractivity contribution in [1.29, 1.82) is 0 Å². The van der Waals surface area contributed by atoms with Gasteiger partial charge in [-0.3, -0.25) is 4.68 Å². The van der Waals surface area contributed by atoms with Gasteiger partial charge in [-0.05, 0) is 57.8 Å². The van der Waals surface area contributed by atoms with Crippen molar-refractivity contribution in [2.75, 3.05) is 13.1 Å². The summed E-state index contributed by atoms with van der Waals surface area (Å²) < 4.78 is 2.23. The van der Waals surface area contributed by atoms with Crippen LogP contribution in [0.4, 0.5) is 0 Å². The van der Waals surface area contributed by atoms with Crippen LogP contribution in [0.15, 0.2) is 24.4 Å². The molecule has 2 heterocycles. The van der Waals surface area contributed by atoms with Crippen molar-refractivity contribution < 1.29 is 0 Å². The number of hydrogen-bond donors (Lipinski definition) is 1. The molecule has 0 spiro atoms. The molecule has 0 aliphatic carbocycles. The van der Waals surface area contributed by atoms with Crippen LogP contribution in [0, 0.1) is 20.8 Å². The van der Waals surface area contributed by atoms with Crippen molar-refractivity contribution in [3.63, 3.8) is 0 Å². The molecule has 0 amide bonds. The van der Waals surface area contributed by atoms with Crippen LogP contribution in [-0.2, 0) is 0 Å². The summed E-state index contributed by atoms with van der Waals surface area (Å²) in [4.78, 5) is 0. The molecule has 1 aliphatic heterocycles. The van der Waals surface area contributed by atoms with Gasteiger partial charge in [0.2, 0.25) is 0 Å². The van der Waals surface area contributed by atoms with E-state index < -0.39 is 0 Å². The summed E-state index contributed by atoms with van der Waals surface area (Å²) in [6.07, 6.45) is 4.39. The van der Waals surface area contributed by atoms with Gasteiger partial charge in [0.25, 0.3) is 0 Å². The maximum absolute atomic E-state index is 4.67. The SMILES string of the molecule is Cc1ccc(-c2cnn(C3CCNCC3)c2C)c(C)c1. The first-order valence-corrected chi connectivity index (χ1v) is 7.49. The smallest absolute Gasteiger partial charge is 0.0571 e. The zero-order valence-electron chi connectivity index (χ0n) is 12.6. The van der Waals surface area contributed by atoms with Gasteiger partial charge in [0.05, 0.1) is 12.2 Å². The van der Waals surface area contributed by atoms with Crippen molar-refractivity contribution in [3.05, 3.63) is 41.2 Å². The summed E-state index contributed by atoms with van der Waals surface area (Å²) in [6.45, 7) is 8.72. The molecule has 0 radical (unpaired) electrons. The van der Waals surface area contributed by atoms with E-state index in [1.807, 2.05) is 6.20 Å². The summed E-state index contributed by atoms with van der Waals surface area (Å²) in [7, 11) is 0. The lowest BCUT2D eigenvalue weighted by molar-refractivity contribution is 0.338. The zero-order valence-corrected chi connectivity index (χ0v) is 12.6. The fraction of sp³-hybridized carbons (Fsp3) is 0.471. The Morgan fingerprint density at radius 3 is 2.55 bits per heavy atom. The van der Waals surface area contributed by atoms with Crippen molar-refractivity contribution in [2.24, 2.45) is 0 Å². The van der Waals surface area contributed by atoms with E-state index >= 15 is 0 Å². The quantitative estimate of drug-likeness (QED) is 0.905. The second kappa shape index (κ2) is 5.41. The van der Waals surface area contributed by atoms with E-state index in [-0.39, 0.29) is 0 Å². The fourth-order valence-electron chi connectivity index (χ4n) is 3.22. The molecule has 1 aromatic heterocycles. The molecular weight excluding hydrogens is 246 g/mol. The molecule has 1 N–H and O–H groups in total. The average Bonchev–Trinajstić information content (AvgIpc) is 2.82. The monoisotopic (exact) mass is 269 g/mol. The number of aryl methyl sites for hydroxylation is 2. The summed E-state index contributed by atoms with van der Waals surface area (Å²) >= 11 is 0. The fourth-order valence-corrected chi connectivity index (χ4v) is 3.22. The van der Waals surface area contributed by atoms with Crippen LogP contribution in [0.5, 0.6) is 0 Å². The predicted octanol–water partition coefficient (Wildman–Crippen LogP) is 3.40.